The molecule has 2 aliphatic heterocycles. The monoisotopic (exact) mass is 136 g/mol. The van der Waals surface area contributed by atoms with Gasteiger partial charge in [0.25, 0.3) is 0 Å². The van der Waals surface area contributed by atoms with Gasteiger partial charge in [-0.3, -0.25) is 0 Å². The first-order valence-electron chi connectivity index (χ1n) is 2.89. The van der Waals surface area contributed by atoms with Crippen molar-refractivity contribution in [2.24, 2.45) is 15.7 Å². The maximum Gasteiger partial charge on any atom is 0.180 e. The standard InChI is InChI=1S/C5H6N5/c6-4-3-5(9-1-7-3)10-2-8-4/h1-2,4H,6H2,(H,8,10). The van der Waals surface area contributed by atoms with Crippen LogP contribution in [0.2, 0.25) is 0 Å². The highest BCUT2D eigenvalue weighted by atomic mass is 15.2. The summed E-state index contributed by atoms with van der Waals surface area (Å²) in [4.78, 5) is 7.84. The number of nitrogens with two attached hydrogens (primary N) is 1. The van der Waals surface area contributed by atoms with Crippen LogP contribution in [0.15, 0.2) is 21.5 Å². The van der Waals surface area contributed by atoms with Gasteiger partial charge >= 0.3 is 0 Å². The van der Waals surface area contributed by atoms with E-state index in [4.69, 9.17) is 5.73 Å². The van der Waals surface area contributed by atoms with Gasteiger partial charge in [-0.2, -0.15) is 0 Å². The zero-order chi connectivity index (χ0) is 6.97. The molecule has 0 spiro atoms. The Kier molecular flexibility index (Phi) is 0.983. The molecule has 0 fully saturated rings. The Morgan fingerprint density at radius 1 is 1.50 bits per heavy atom. The van der Waals surface area contributed by atoms with E-state index in [1.54, 1.807) is 0 Å². The second-order valence-electron chi connectivity index (χ2n) is 1.99. The molecule has 0 bridgehead atoms. The van der Waals surface area contributed by atoms with Crippen LogP contribution in [0.25, 0.3) is 0 Å². The molecule has 51 valence electrons. The van der Waals surface area contributed by atoms with Gasteiger partial charge in [0, 0.05) is 0 Å². The van der Waals surface area contributed by atoms with Crippen LogP contribution in [0.4, 0.5) is 0 Å². The quantitative estimate of drug-likeness (QED) is 0.435. The Labute approximate surface area is 57.7 Å². The Balaban J connectivity index is 2.37. The number of hydrogen-bond donors (Lipinski definition) is 2. The Morgan fingerprint density at radius 3 is 3.20 bits per heavy atom. The van der Waals surface area contributed by atoms with E-state index in [1.165, 1.54) is 12.7 Å². The van der Waals surface area contributed by atoms with Crippen LogP contribution >= 0.6 is 0 Å². The molecule has 1 radical (unpaired) electrons. The maximum absolute atomic E-state index is 5.59. The van der Waals surface area contributed by atoms with Crippen molar-refractivity contribution in [1.29, 1.82) is 0 Å². The normalized spacial score (nSPS) is 27.9. The average molecular weight is 136 g/mol. The third kappa shape index (κ3) is 0.608. The first-order chi connectivity index (χ1) is 4.88. The van der Waals surface area contributed by atoms with Gasteiger partial charge in [0.2, 0.25) is 0 Å². The fourth-order valence-corrected chi connectivity index (χ4v) is 0.846. The maximum atomic E-state index is 5.59. The third-order valence-electron chi connectivity index (χ3n) is 1.34. The Morgan fingerprint density at radius 2 is 2.40 bits per heavy atom. The van der Waals surface area contributed by atoms with E-state index in [2.05, 4.69) is 20.6 Å². The van der Waals surface area contributed by atoms with Crippen LogP contribution in [-0.2, 0) is 0 Å². The lowest BCUT2D eigenvalue weighted by atomic mass is 10.3. The zero-order valence-electron chi connectivity index (χ0n) is 5.15. The minimum atomic E-state index is -0.255. The molecule has 1 unspecified atom stereocenters. The minimum absolute atomic E-state index is 0.255. The number of nitrogens with one attached hydrogen (secondary N) is 1. The summed E-state index contributed by atoms with van der Waals surface area (Å²) in [6.07, 6.45) is 2.73. The lowest BCUT2D eigenvalue weighted by Gasteiger charge is -2.13. The first kappa shape index (κ1) is 5.43. The van der Waals surface area contributed by atoms with Gasteiger partial charge < -0.3 is 11.1 Å². The van der Waals surface area contributed by atoms with Gasteiger partial charge in [0.1, 0.15) is 18.2 Å². The molecule has 2 rings (SSSR count). The summed E-state index contributed by atoms with van der Waals surface area (Å²) in [5, 5.41) is 6.69. The molecular weight excluding hydrogens is 130 g/mol. The van der Waals surface area contributed by atoms with E-state index in [0.29, 0.717) is 11.5 Å². The van der Waals surface area contributed by atoms with Gasteiger partial charge in [-0.25, -0.2) is 15.3 Å². The molecule has 0 saturated heterocycles. The summed E-state index contributed by atoms with van der Waals surface area (Å²) >= 11 is 0. The molecule has 2 heterocycles. The number of rotatable bonds is 0. The minimum Gasteiger partial charge on any atom is -0.356 e. The van der Waals surface area contributed by atoms with E-state index in [0.717, 1.165) is 0 Å². The van der Waals surface area contributed by atoms with E-state index < -0.39 is 0 Å². The molecule has 5 heteroatoms. The number of nitrogens with zero attached hydrogens (tertiary/aromatic N) is 3. The second kappa shape index (κ2) is 1.81. The van der Waals surface area contributed by atoms with Gasteiger partial charge in [0.15, 0.2) is 5.82 Å². The van der Waals surface area contributed by atoms with Crippen molar-refractivity contribution in [1.82, 2.24) is 10.6 Å². The third-order valence-corrected chi connectivity index (χ3v) is 1.34. The molecule has 0 aromatic rings. The molecule has 1 atom stereocenters. The molecule has 10 heavy (non-hydrogen) atoms. The molecule has 0 saturated carbocycles. The van der Waals surface area contributed by atoms with Crippen molar-refractivity contribution >= 4 is 12.7 Å². The van der Waals surface area contributed by atoms with Crippen molar-refractivity contribution in [3.05, 3.63) is 11.5 Å². The van der Waals surface area contributed by atoms with Crippen LogP contribution in [-0.4, -0.2) is 18.8 Å². The number of aliphatic imine (C=N–C) groups is 2. The lowest BCUT2D eigenvalue weighted by Crippen LogP contribution is -2.40. The van der Waals surface area contributed by atoms with E-state index in [1.807, 2.05) is 0 Å². The van der Waals surface area contributed by atoms with E-state index in [9.17, 15) is 0 Å². The highest BCUT2D eigenvalue weighted by molar-refractivity contribution is 5.69. The molecule has 0 amide bonds. The Bertz CT molecular complexity index is 238. The van der Waals surface area contributed by atoms with Crippen molar-refractivity contribution in [2.75, 3.05) is 0 Å². The summed E-state index contributed by atoms with van der Waals surface area (Å²) < 4.78 is 0. The van der Waals surface area contributed by atoms with Gasteiger partial charge in [-0.15, -0.1) is 0 Å². The van der Waals surface area contributed by atoms with Crippen LogP contribution < -0.4 is 16.4 Å². The first-order valence-corrected chi connectivity index (χ1v) is 2.89. The molecule has 3 N–H and O–H groups in total. The summed E-state index contributed by atoms with van der Waals surface area (Å²) in [6.45, 7) is 0. The lowest BCUT2D eigenvalue weighted by molar-refractivity contribution is 0.701. The summed E-state index contributed by atoms with van der Waals surface area (Å²) in [7, 11) is 0. The van der Waals surface area contributed by atoms with Crippen molar-refractivity contribution in [2.45, 2.75) is 6.17 Å². The Hall–Kier alpha value is -1.36. The molecule has 0 aromatic heterocycles. The predicted octanol–water partition coefficient (Wildman–Crippen LogP) is -1.28. The highest BCUT2D eigenvalue weighted by Crippen LogP contribution is 2.13. The van der Waals surface area contributed by atoms with Crippen LogP contribution in [0.5, 0.6) is 0 Å². The van der Waals surface area contributed by atoms with E-state index >= 15 is 0 Å². The molecule has 2 aliphatic rings. The van der Waals surface area contributed by atoms with Gasteiger partial charge in [-0.1, -0.05) is 0 Å². The predicted molar refractivity (Wildman–Crippen MR) is 37.3 cm³/mol. The summed E-state index contributed by atoms with van der Waals surface area (Å²) in [5.41, 5.74) is 6.30. The smallest absolute Gasteiger partial charge is 0.180 e. The van der Waals surface area contributed by atoms with Crippen LogP contribution in [0.3, 0.4) is 0 Å². The SMILES string of the molecule is NC1NC=NC2=C1N=C[N]2. The fraction of sp³-hybridized carbons (Fsp3) is 0.200. The summed E-state index contributed by atoms with van der Waals surface area (Å²) in [6, 6.07) is 0. The molecular formula is C5H6N5. The largest absolute Gasteiger partial charge is 0.356 e. The topological polar surface area (TPSA) is 76.9 Å². The van der Waals surface area contributed by atoms with E-state index in [-0.39, 0.29) is 6.17 Å². The zero-order valence-corrected chi connectivity index (χ0v) is 5.15. The van der Waals surface area contributed by atoms with Crippen molar-refractivity contribution in [3.63, 3.8) is 0 Å². The highest BCUT2D eigenvalue weighted by Gasteiger charge is 2.19. The van der Waals surface area contributed by atoms with Crippen LogP contribution in [0.1, 0.15) is 0 Å². The average Bonchev–Trinajstić information content (AvgIpc) is 2.36. The van der Waals surface area contributed by atoms with Gasteiger partial charge in [-0.05, 0) is 0 Å². The van der Waals surface area contributed by atoms with Crippen molar-refractivity contribution < 1.29 is 0 Å². The molecule has 0 aliphatic carbocycles. The summed E-state index contributed by atoms with van der Waals surface area (Å²) in [5.74, 6) is 0.617. The fourth-order valence-electron chi connectivity index (χ4n) is 0.846. The number of hydrogen-bond acceptors (Lipinski definition) is 4. The van der Waals surface area contributed by atoms with Gasteiger partial charge in [0.05, 0.1) is 6.34 Å². The van der Waals surface area contributed by atoms with Crippen molar-refractivity contribution in [3.8, 4) is 0 Å². The second-order valence-corrected chi connectivity index (χ2v) is 1.99. The molecule has 5 nitrogen and oxygen atoms in total. The molecule has 0 aromatic carbocycles. The van der Waals surface area contributed by atoms with Crippen LogP contribution in [0, 0.1) is 0 Å².